The van der Waals surface area contributed by atoms with Gasteiger partial charge in [-0.25, -0.2) is 0 Å². The van der Waals surface area contributed by atoms with Crippen molar-refractivity contribution in [1.29, 1.82) is 0 Å². The highest BCUT2D eigenvalue weighted by molar-refractivity contribution is 5.26. The van der Waals surface area contributed by atoms with Crippen LogP contribution in [0, 0.1) is 0 Å². The molecule has 0 heterocycles. The molecule has 1 atom stereocenters. The number of rotatable bonds is 6. The Labute approximate surface area is 103 Å². The zero-order valence-corrected chi connectivity index (χ0v) is 10.7. The summed E-state index contributed by atoms with van der Waals surface area (Å²) in [5.74, 6) is 0. The van der Waals surface area contributed by atoms with Crippen molar-refractivity contribution >= 4 is 0 Å². The molecular formula is C14H22N2O. The number of nitrogens with zero attached hydrogens (tertiary/aromatic N) is 1. The third-order valence-corrected chi connectivity index (χ3v) is 3.24. The number of hydrogen-bond donors (Lipinski definition) is 2. The lowest BCUT2D eigenvalue weighted by atomic mass is 9.90. The highest BCUT2D eigenvalue weighted by Crippen LogP contribution is 2.29. The zero-order chi connectivity index (χ0) is 12.3. The van der Waals surface area contributed by atoms with Crippen LogP contribution in [-0.4, -0.2) is 43.3 Å². The van der Waals surface area contributed by atoms with E-state index in [-0.39, 0.29) is 12.1 Å². The summed E-state index contributed by atoms with van der Waals surface area (Å²) in [4.78, 5) is 2.12. The van der Waals surface area contributed by atoms with Crippen LogP contribution in [0.15, 0.2) is 30.3 Å². The average molecular weight is 234 g/mol. The summed E-state index contributed by atoms with van der Waals surface area (Å²) in [5, 5.41) is 13.5. The lowest BCUT2D eigenvalue weighted by molar-refractivity contribution is 0.125. The molecule has 2 rings (SSSR count). The van der Waals surface area contributed by atoms with E-state index in [4.69, 9.17) is 0 Å². The summed E-state index contributed by atoms with van der Waals surface area (Å²) in [6, 6.07) is 10.8. The van der Waals surface area contributed by atoms with Gasteiger partial charge in [0.05, 0.1) is 12.1 Å². The fourth-order valence-corrected chi connectivity index (χ4v) is 2.32. The van der Waals surface area contributed by atoms with E-state index in [1.807, 2.05) is 32.3 Å². The third-order valence-electron chi connectivity index (χ3n) is 3.24. The molecule has 1 aromatic carbocycles. The highest BCUT2D eigenvalue weighted by atomic mass is 16.3. The van der Waals surface area contributed by atoms with Crippen LogP contribution in [0.4, 0.5) is 0 Å². The second-order valence-corrected chi connectivity index (χ2v) is 5.26. The van der Waals surface area contributed by atoms with Crippen LogP contribution < -0.4 is 5.32 Å². The molecule has 1 saturated carbocycles. The number of likely N-dealkylation sites (N-methyl/N-ethyl adjacent to an activating group) is 1. The quantitative estimate of drug-likeness (QED) is 0.776. The molecule has 0 spiro atoms. The van der Waals surface area contributed by atoms with Gasteiger partial charge in [-0.2, -0.15) is 0 Å². The fourth-order valence-electron chi connectivity index (χ4n) is 2.32. The predicted molar refractivity (Wildman–Crippen MR) is 69.9 cm³/mol. The van der Waals surface area contributed by atoms with Crippen molar-refractivity contribution in [1.82, 2.24) is 10.2 Å². The van der Waals surface area contributed by atoms with Gasteiger partial charge in [0.1, 0.15) is 0 Å². The molecule has 2 N–H and O–H groups in total. The van der Waals surface area contributed by atoms with Crippen molar-refractivity contribution in [2.45, 2.75) is 24.4 Å². The molecule has 0 radical (unpaired) electrons. The standard InChI is InChI=1S/C14H22N2O/c1-16(2)10-14(11-17,15-13-8-9-13)12-6-4-3-5-7-12/h3-7,13,15,17H,8-11H2,1-2H3. The summed E-state index contributed by atoms with van der Waals surface area (Å²) in [5.41, 5.74) is 0.842. The van der Waals surface area contributed by atoms with E-state index in [9.17, 15) is 5.11 Å². The number of nitrogens with one attached hydrogen (secondary N) is 1. The minimum Gasteiger partial charge on any atom is -0.394 e. The van der Waals surface area contributed by atoms with Crippen LogP contribution in [0.25, 0.3) is 0 Å². The molecule has 1 unspecified atom stereocenters. The number of hydrogen-bond acceptors (Lipinski definition) is 3. The van der Waals surface area contributed by atoms with Crippen molar-refractivity contribution < 1.29 is 5.11 Å². The number of benzene rings is 1. The molecular weight excluding hydrogens is 212 g/mol. The molecule has 0 aliphatic heterocycles. The summed E-state index contributed by atoms with van der Waals surface area (Å²) >= 11 is 0. The Morgan fingerprint density at radius 1 is 1.29 bits per heavy atom. The Morgan fingerprint density at radius 3 is 2.41 bits per heavy atom. The highest BCUT2D eigenvalue weighted by Gasteiger charge is 2.37. The molecule has 1 aliphatic rings. The van der Waals surface area contributed by atoms with Crippen molar-refractivity contribution in [3.8, 4) is 0 Å². The van der Waals surface area contributed by atoms with Gasteiger partial charge >= 0.3 is 0 Å². The number of aliphatic hydroxyl groups excluding tert-OH is 1. The lowest BCUT2D eigenvalue weighted by Crippen LogP contribution is -2.53. The maximum atomic E-state index is 9.87. The van der Waals surface area contributed by atoms with E-state index in [1.165, 1.54) is 18.4 Å². The van der Waals surface area contributed by atoms with Crippen molar-refractivity contribution in [3.05, 3.63) is 35.9 Å². The van der Waals surface area contributed by atoms with Gasteiger partial charge < -0.3 is 15.3 Å². The molecule has 0 bridgehead atoms. The van der Waals surface area contributed by atoms with Crippen molar-refractivity contribution in [2.75, 3.05) is 27.2 Å². The molecule has 1 aliphatic carbocycles. The van der Waals surface area contributed by atoms with E-state index >= 15 is 0 Å². The van der Waals surface area contributed by atoms with Crippen LogP contribution in [0.1, 0.15) is 18.4 Å². The van der Waals surface area contributed by atoms with E-state index in [1.54, 1.807) is 0 Å². The average Bonchev–Trinajstić information content (AvgIpc) is 3.12. The Morgan fingerprint density at radius 2 is 1.94 bits per heavy atom. The minimum atomic E-state index is -0.327. The van der Waals surface area contributed by atoms with Gasteiger partial charge in [-0.3, -0.25) is 0 Å². The first-order valence-electron chi connectivity index (χ1n) is 6.25. The van der Waals surface area contributed by atoms with E-state index < -0.39 is 0 Å². The molecule has 3 heteroatoms. The van der Waals surface area contributed by atoms with Crippen LogP contribution in [0.2, 0.25) is 0 Å². The van der Waals surface area contributed by atoms with Crippen LogP contribution in [-0.2, 0) is 5.54 Å². The van der Waals surface area contributed by atoms with Crippen LogP contribution in [0.5, 0.6) is 0 Å². The maximum absolute atomic E-state index is 9.87. The van der Waals surface area contributed by atoms with Crippen LogP contribution in [0.3, 0.4) is 0 Å². The Bertz CT molecular complexity index is 342. The second-order valence-electron chi connectivity index (χ2n) is 5.26. The van der Waals surface area contributed by atoms with E-state index in [0.717, 1.165) is 6.54 Å². The van der Waals surface area contributed by atoms with Gasteiger partial charge in [0, 0.05) is 12.6 Å². The molecule has 0 aromatic heterocycles. The first-order chi connectivity index (χ1) is 8.16. The summed E-state index contributed by atoms with van der Waals surface area (Å²) in [6.45, 7) is 0.940. The maximum Gasteiger partial charge on any atom is 0.0799 e. The molecule has 1 fully saturated rings. The Kier molecular flexibility index (Phi) is 3.82. The van der Waals surface area contributed by atoms with Crippen LogP contribution >= 0.6 is 0 Å². The Hall–Kier alpha value is -0.900. The lowest BCUT2D eigenvalue weighted by Gasteiger charge is -2.36. The largest absolute Gasteiger partial charge is 0.394 e. The summed E-state index contributed by atoms with van der Waals surface area (Å²) < 4.78 is 0. The third kappa shape index (κ3) is 3.06. The topological polar surface area (TPSA) is 35.5 Å². The molecule has 94 valence electrons. The predicted octanol–water partition coefficient (Wildman–Crippen LogP) is 1.19. The first-order valence-corrected chi connectivity index (χ1v) is 6.25. The first kappa shape index (κ1) is 12.6. The summed E-state index contributed by atoms with van der Waals surface area (Å²) in [7, 11) is 4.09. The van der Waals surface area contributed by atoms with Gasteiger partial charge in [-0.05, 0) is 32.5 Å². The van der Waals surface area contributed by atoms with Gasteiger partial charge in [0.25, 0.3) is 0 Å². The monoisotopic (exact) mass is 234 g/mol. The van der Waals surface area contributed by atoms with Gasteiger partial charge in [-0.1, -0.05) is 30.3 Å². The fraction of sp³-hybridized carbons (Fsp3) is 0.571. The van der Waals surface area contributed by atoms with E-state index in [2.05, 4.69) is 22.3 Å². The molecule has 0 saturated heterocycles. The zero-order valence-electron chi connectivity index (χ0n) is 10.7. The van der Waals surface area contributed by atoms with Gasteiger partial charge in [-0.15, -0.1) is 0 Å². The van der Waals surface area contributed by atoms with Crippen molar-refractivity contribution in [3.63, 3.8) is 0 Å². The number of aliphatic hydroxyl groups is 1. The minimum absolute atomic E-state index is 0.131. The van der Waals surface area contributed by atoms with Crippen molar-refractivity contribution in [2.24, 2.45) is 0 Å². The Balaban J connectivity index is 2.25. The normalized spacial score (nSPS) is 19.3. The molecule has 3 nitrogen and oxygen atoms in total. The van der Waals surface area contributed by atoms with Gasteiger partial charge in [0.2, 0.25) is 0 Å². The second kappa shape index (κ2) is 5.17. The summed E-state index contributed by atoms with van der Waals surface area (Å²) in [6.07, 6.45) is 2.45. The van der Waals surface area contributed by atoms with E-state index in [0.29, 0.717) is 6.04 Å². The molecule has 0 amide bonds. The molecule has 17 heavy (non-hydrogen) atoms. The smallest absolute Gasteiger partial charge is 0.0799 e. The van der Waals surface area contributed by atoms with Gasteiger partial charge in [0.15, 0.2) is 0 Å². The molecule has 1 aromatic rings. The SMILES string of the molecule is CN(C)CC(CO)(NC1CC1)c1ccccc1.